The van der Waals surface area contributed by atoms with E-state index in [9.17, 15) is 4.39 Å². The average Bonchev–Trinajstić information content (AvgIpc) is 2.29. The fourth-order valence-corrected chi connectivity index (χ4v) is 1.41. The number of hydrogen-bond acceptors (Lipinski definition) is 3. The Bertz CT molecular complexity index is 443. The van der Waals surface area contributed by atoms with E-state index < -0.39 is 5.82 Å². The molecule has 0 spiro atoms. The molecule has 0 aromatic heterocycles. The van der Waals surface area contributed by atoms with Gasteiger partial charge in [0.05, 0.1) is 0 Å². The molecule has 1 aromatic rings. The normalized spacial score (nSPS) is 11.5. The Kier molecular flexibility index (Phi) is 4.66. The van der Waals surface area contributed by atoms with E-state index in [0.29, 0.717) is 18.7 Å². The van der Waals surface area contributed by atoms with Gasteiger partial charge in [-0.2, -0.15) is 0 Å². The third-order valence-corrected chi connectivity index (χ3v) is 2.20. The number of nitrogens with one attached hydrogen (secondary N) is 1. The molecule has 4 nitrogen and oxygen atoms in total. The van der Waals surface area contributed by atoms with Crippen LogP contribution in [0.5, 0.6) is 0 Å². The molecule has 0 aliphatic carbocycles. The third kappa shape index (κ3) is 3.88. The van der Waals surface area contributed by atoms with Crippen LogP contribution in [0.25, 0.3) is 0 Å². The minimum atomic E-state index is -0.421. The zero-order chi connectivity index (χ0) is 12.8. The van der Waals surface area contributed by atoms with E-state index in [4.69, 9.17) is 10.9 Å². The van der Waals surface area contributed by atoms with Gasteiger partial charge in [-0.15, -0.1) is 0 Å². The monoisotopic (exact) mass is 237 g/mol. The Morgan fingerprint density at radius 3 is 2.88 bits per heavy atom. The number of rotatable bonds is 5. The summed E-state index contributed by atoms with van der Waals surface area (Å²) in [5.41, 5.74) is 7.64. The van der Waals surface area contributed by atoms with Crippen LogP contribution in [0.1, 0.15) is 18.1 Å². The molecule has 0 saturated heterocycles. The first-order valence-electron chi connectivity index (χ1n) is 5.16. The summed E-state index contributed by atoms with van der Waals surface area (Å²) >= 11 is 0. The SMILES string of the molecule is C=C(C)CNCc1ccc(F)cc1/C(N)=N/O. The Balaban J connectivity index is 2.87. The van der Waals surface area contributed by atoms with Gasteiger partial charge < -0.3 is 16.3 Å². The summed E-state index contributed by atoms with van der Waals surface area (Å²) < 4.78 is 13.1. The third-order valence-electron chi connectivity index (χ3n) is 2.20. The predicted octanol–water partition coefficient (Wildman–Crippen LogP) is 1.59. The van der Waals surface area contributed by atoms with Crippen molar-refractivity contribution >= 4 is 5.84 Å². The summed E-state index contributed by atoms with van der Waals surface area (Å²) in [6, 6.07) is 4.19. The topological polar surface area (TPSA) is 70.6 Å². The number of benzene rings is 1. The molecule has 0 unspecified atom stereocenters. The second-order valence-corrected chi connectivity index (χ2v) is 3.85. The molecule has 0 aliphatic heterocycles. The summed E-state index contributed by atoms with van der Waals surface area (Å²) in [4.78, 5) is 0. The molecule has 0 saturated carbocycles. The lowest BCUT2D eigenvalue weighted by molar-refractivity contribution is 0.318. The highest BCUT2D eigenvalue weighted by Gasteiger charge is 2.08. The van der Waals surface area contributed by atoms with Crippen LogP contribution in [0, 0.1) is 5.82 Å². The van der Waals surface area contributed by atoms with Gasteiger partial charge in [-0.3, -0.25) is 0 Å². The van der Waals surface area contributed by atoms with Crippen LogP contribution in [0.3, 0.4) is 0 Å². The largest absolute Gasteiger partial charge is 0.409 e. The van der Waals surface area contributed by atoms with E-state index in [2.05, 4.69) is 17.1 Å². The molecule has 17 heavy (non-hydrogen) atoms. The van der Waals surface area contributed by atoms with Gasteiger partial charge in [-0.1, -0.05) is 23.4 Å². The van der Waals surface area contributed by atoms with Crippen LogP contribution in [-0.4, -0.2) is 17.6 Å². The quantitative estimate of drug-likeness (QED) is 0.239. The molecule has 4 N–H and O–H groups in total. The smallest absolute Gasteiger partial charge is 0.170 e. The van der Waals surface area contributed by atoms with Crippen molar-refractivity contribution in [3.63, 3.8) is 0 Å². The maximum Gasteiger partial charge on any atom is 0.170 e. The van der Waals surface area contributed by atoms with E-state index in [1.807, 2.05) is 6.92 Å². The number of nitrogens with two attached hydrogens (primary N) is 1. The molecule has 1 rings (SSSR count). The molecule has 0 radical (unpaired) electrons. The molecule has 0 amide bonds. The number of nitrogens with zero attached hydrogens (tertiary/aromatic N) is 1. The highest BCUT2D eigenvalue weighted by molar-refractivity contribution is 5.98. The van der Waals surface area contributed by atoms with Gasteiger partial charge in [0.25, 0.3) is 0 Å². The van der Waals surface area contributed by atoms with E-state index in [0.717, 1.165) is 11.1 Å². The van der Waals surface area contributed by atoms with Crippen molar-refractivity contribution in [1.82, 2.24) is 5.32 Å². The number of amidine groups is 1. The van der Waals surface area contributed by atoms with Crippen molar-refractivity contribution in [1.29, 1.82) is 0 Å². The van der Waals surface area contributed by atoms with Gasteiger partial charge in [0.2, 0.25) is 0 Å². The minimum Gasteiger partial charge on any atom is -0.409 e. The summed E-state index contributed by atoms with van der Waals surface area (Å²) in [5, 5.41) is 14.6. The van der Waals surface area contributed by atoms with Crippen LogP contribution >= 0.6 is 0 Å². The van der Waals surface area contributed by atoms with Gasteiger partial charge in [-0.05, 0) is 24.6 Å². The van der Waals surface area contributed by atoms with Crippen molar-refractivity contribution in [2.75, 3.05) is 6.54 Å². The molecule has 0 bridgehead atoms. The van der Waals surface area contributed by atoms with Crippen LogP contribution < -0.4 is 11.1 Å². The second-order valence-electron chi connectivity index (χ2n) is 3.85. The first kappa shape index (κ1) is 13.2. The lowest BCUT2D eigenvalue weighted by Gasteiger charge is -2.09. The minimum absolute atomic E-state index is 0.100. The van der Waals surface area contributed by atoms with Crippen molar-refractivity contribution in [2.45, 2.75) is 13.5 Å². The number of halogens is 1. The lowest BCUT2D eigenvalue weighted by Crippen LogP contribution is -2.21. The molecule has 92 valence electrons. The van der Waals surface area contributed by atoms with Crippen LogP contribution in [0.2, 0.25) is 0 Å². The van der Waals surface area contributed by atoms with Gasteiger partial charge in [0.15, 0.2) is 5.84 Å². The molecule has 0 fully saturated rings. The Morgan fingerprint density at radius 2 is 2.29 bits per heavy atom. The predicted molar refractivity (Wildman–Crippen MR) is 65.4 cm³/mol. The van der Waals surface area contributed by atoms with Crippen molar-refractivity contribution in [3.8, 4) is 0 Å². The first-order chi connectivity index (χ1) is 8.04. The molecule has 5 heteroatoms. The highest BCUT2D eigenvalue weighted by Crippen LogP contribution is 2.11. The van der Waals surface area contributed by atoms with Crippen LogP contribution in [0.15, 0.2) is 35.5 Å². The maximum atomic E-state index is 13.1. The highest BCUT2D eigenvalue weighted by atomic mass is 19.1. The molecule has 0 heterocycles. The molecular weight excluding hydrogens is 221 g/mol. The fourth-order valence-electron chi connectivity index (χ4n) is 1.41. The van der Waals surface area contributed by atoms with Crippen molar-refractivity contribution < 1.29 is 9.60 Å². The van der Waals surface area contributed by atoms with E-state index in [1.54, 1.807) is 6.07 Å². The first-order valence-corrected chi connectivity index (χ1v) is 5.16. The Labute approximate surface area is 99.6 Å². The molecule has 1 aromatic carbocycles. The van der Waals surface area contributed by atoms with E-state index >= 15 is 0 Å². The molecular formula is C12H16FN3O. The fraction of sp³-hybridized carbons (Fsp3) is 0.250. The van der Waals surface area contributed by atoms with Gasteiger partial charge in [0, 0.05) is 18.7 Å². The second kappa shape index (κ2) is 6.00. The van der Waals surface area contributed by atoms with E-state index in [-0.39, 0.29) is 5.84 Å². The number of hydrogen-bond donors (Lipinski definition) is 3. The zero-order valence-electron chi connectivity index (χ0n) is 9.70. The maximum absolute atomic E-state index is 13.1. The zero-order valence-corrected chi connectivity index (χ0v) is 9.70. The summed E-state index contributed by atoms with van der Waals surface area (Å²) in [6.07, 6.45) is 0. The van der Waals surface area contributed by atoms with E-state index in [1.165, 1.54) is 12.1 Å². The number of oxime groups is 1. The van der Waals surface area contributed by atoms with Gasteiger partial charge in [-0.25, -0.2) is 4.39 Å². The summed E-state index contributed by atoms with van der Waals surface area (Å²) in [5.74, 6) is -0.521. The standard InChI is InChI=1S/C12H16FN3O/c1-8(2)6-15-7-9-3-4-10(13)5-11(9)12(14)16-17/h3-5,15,17H,1,6-7H2,2H3,(H2,14,16). The lowest BCUT2D eigenvalue weighted by atomic mass is 10.1. The molecule has 0 aliphatic rings. The average molecular weight is 237 g/mol. The molecule has 0 atom stereocenters. The Hall–Kier alpha value is -1.88. The van der Waals surface area contributed by atoms with Crippen LogP contribution in [-0.2, 0) is 6.54 Å². The Morgan fingerprint density at radius 1 is 1.59 bits per heavy atom. The van der Waals surface area contributed by atoms with Crippen LogP contribution in [0.4, 0.5) is 4.39 Å². The summed E-state index contributed by atoms with van der Waals surface area (Å²) in [7, 11) is 0. The van der Waals surface area contributed by atoms with Crippen molar-refractivity contribution in [3.05, 3.63) is 47.3 Å². The summed E-state index contributed by atoms with van der Waals surface area (Å²) in [6.45, 7) is 6.83. The van der Waals surface area contributed by atoms with Gasteiger partial charge in [0.1, 0.15) is 5.82 Å². The van der Waals surface area contributed by atoms with Crippen molar-refractivity contribution in [2.24, 2.45) is 10.9 Å². The van der Waals surface area contributed by atoms with Gasteiger partial charge >= 0.3 is 0 Å².